The Balaban J connectivity index is 1.81. The van der Waals surface area contributed by atoms with E-state index in [1.54, 1.807) is 7.11 Å². The third-order valence-electron chi connectivity index (χ3n) is 4.17. The summed E-state index contributed by atoms with van der Waals surface area (Å²) in [6.45, 7) is 5.28. The van der Waals surface area contributed by atoms with Crippen molar-refractivity contribution < 1.29 is 19.0 Å². The Bertz CT molecular complexity index is 713. The second kappa shape index (κ2) is 11.1. The van der Waals surface area contributed by atoms with E-state index in [0.717, 1.165) is 30.6 Å². The van der Waals surface area contributed by atoms with Gasteiger partial charge in [-0.05, 0) is 48.2 Å². The van der Waals surface area contributed by atoms with E-state index in [1.807, 2.05) is 42.5 Å². The highest BCUT2D eigenvalue weighted by Crippen LogP contribution is 2.28. The summed E-state index contributed by atoms with van der Waals surface area (Å²) in [6, 6.07) is 13.5. The molecule has 0 fully saturated rings. The third kappa shape index (κ3) is 6.85. The van der Waals surface area contributed by atoms with Crippen molar-refractivity contribution in [2.45, 2.75) is 39.7 Å². The van der Waals surface area contributed by atoms with Crippen LogP contribution >= 0.6 is 0 Å². The van der Waals surface area contributed by atoms with E-state index in [2.05, 4.69) is 19.2 Å². The highest BCUT2D eigenvalue weighted by atomic mass is 16.5. The maximum Gasteiger partial charge on any atom is 0.258 e. The van der Waals surface area contributed by atoms with Crippen LogP contribution in [0.3, 0.4) is 0 Å². The van der Waals surface area contributed by atoms with Gasteiger partial charge in [-0.2, -0.15) is 0 Å². The zero-order chi connectivity index (χ0) is 19.5. The van der Waals surface area contributed by atoms with Gasteiger partial charge in [0.2, 0.25) is 0 Å². The van der Waals surface area contributed by atoms with Crippen LogP contribution < -0.4 is 19.5 Å². The number of carbonyl (C=O) groups excluding carboxylic acids is 1. The Hall–Kier alpha value is -2.69. The molecule has 1 N–H and O–H groups in total. The Morgan fingerprint density at radius 1 is 0.963 bits per heavy atom. The molecule has 0 aliphatic rings. The first-order chi connectivity index (χ1) is 13.2. The lowest BCUT2D eigenvalue weighted by atomic mass is 10.2. The maximum absolute atomic E-state index is 12.0. The summed E-state index contributed by atoms with van der Waals surface area (Å²) < 4.78 is 16.6. The summed E-state index contributed by atoms with van der Waals surface area (Å²) >= 11 is 0. The number of ether oxygens (including phenoxy) is 3. The predicted octanol–water partition coefficient (Wildman–Crippen LogP) is 4.13. The van der Waals surface area contributed by atoms with Gasteiger partial charge in [0, 0.05) is 6.54 Å². The zero-order valence-corrected chi connectivity index (χ0v) is 16.4. The van der Waals surface area contributed by atoms with Crippen LogP contribution in [0.25, 0.3) is 0 Å². The quantitative estimate of drug-likeness (QED) is 0.604. The Morgan fingerprint density at radius 2 is 1.70 bits per heavy atom. The SMILES string of the molecule is CCCCOc1ccc(CNC(=O)COc2ccc(CC)cc2)cc1OC. The molecule has 0 aromatic heterocycles. The molecular weight excluding hydrogens is 342 g/mol. The van der Waals surface area contributed by atoms with Crippen molar-refractivity contribution >= 4 is 5.91 Å². The molecule has 0 heterocycles. The lowest BCUT2D eigenvalue weighted by molar-refractivity contribution is -0.123. The summed E-state index contributed by atoms with van der Waals surface area (Å²) in [5, 5.41) is 2.85. The number of hydrogen-bond acceptors (Lipinski definition) is 4. The second-order valence-electron chi connectivity index (χ2n) is 6.25. The van der Waals surface area contributed by atoms with E-state index >= 15 is 0 Å². The monoisotopic (exact) mass is 371 g/mol. The minimum atomic E-state index is -0.170. The van der Waals surface area contributed by atoms with Crippen LogP contribution in [0.1, 0.15) is 37.8 Å². The summed E-state index contributed by atoms with van der Waals surface area (Å²) in [4.78, 5) is 12.0. The molecule has 5 nitrogen and oxygen atoms in total. The molecule has 0 unspecified atom stereocenters. The molecule has 0 bridgehead atoms. The summed E-state index contributed by atoms with van der Waals surface area (Å²) in [5.41, 5.74) is 2.18. The van der Waals surface area contributed by atoms with Gasteiger partial charge in [0.05, 0.1) is 13.7 Å². The molecule has 0 radical (unpaired) electrons. The molecule has 27 heavy (non-hydrogen) atoms. The van der Waals surface area contributed by atoms with Crippen molar-refractivity contribution in [2.75, 3.05) is 20.3 Å². The van der Waals surface area contributed by atoms with Gasteiger partial charge < -0.3 is 19.5 Å². The predicted molar refractivity (Wildman–Crippen MR) is 107 cm³/mol. The van der Waals surface area contributed by atoms with Crippen LogP contribution in [0.15, 0.2) is 42.5 Å². The van der Waals surface area contributed by atoms with Crippen molar-refractivity contribution in [1.29, 1.82) is 0 Å². The number of nitrogens with one attached hydrogen (secondary N) is 1. The van der Waals surface area contributed by atoms with Crippen molar-refractivity contribution in [2.24, 2.45) is 0 Å². The van der Waals surface area contributed by atoms with Gasteiger partial charge >= 0.3 is 0 Å². The fourth-order valence-electron chi connectivity index (χ4n) is 2.49. The number of benzene rings is 2. The van der Waals surface area contributed by atoms with Gasteiger partial charge in [0.15, 0.2) is 18.1 Å². The van der Waals surface area contributed by atoms with Crippen molar-refractivity contribution in [3.8, 4) is 17.2 Å². The zero-order valence-electron chi connectivity index (χ0n) is 16.4. The van der Waals surface area contributed by atoms with Gasteiger partial charge in [-0.1, -0.05) is 38.5 Å². The average molecular weight is 371 g/mol. The Labute approximate surface area is 161 Å². The molecule has 0 saturated heterocycles. The largest absolute Gasteiger partial charge is 0.493 e. The maximum atomic E-state index is 12.0. The number of amides is 1. The highest BCUT2D eigenvalue weighted by molar-refractivity contribution is 5.77. The first kappa shape index (κ1) is 20.6. The molecule has 0 atom stereocenters. The van der Waals surface area contributed by atoms with Gasteiger partial charge in [0.1, 0.15) is 5.75 Å². The minimum Gasteiger partial charge on any atom is -0.493 e. The van der Waals surface area contributed by atoms with Gasteiger partial charge in [-0.3, -0.25) is 4.79 Å². The molecule has 5 heteroatoms. The fourth-order valence-corrected chi connectivity index (χ4v) is 2.49. The van der Waals surface area contributed by atoms with Crippen LogP contribution in [-0.2, 0) is 17.8 Å². The fraction of sp³-hybridized carbons (Fsp3) is 0.409. The Kier molecular flexibility index (Phi) is 8.49. The van der Waals surface area contributed by atoms with Gasteiger partial charge in [-0.15, -0.1) is 0 Å². The minimum absolute atomic E-state index is 0.0131. The first-order valence-corrected chi connectivity index (χ1v) is 9.44. The van der Waals surface area contributed by atoms with Crippen molar-refractivity contribution in [1.82, 2.24) is 5.32 Å². The number of carbonyl (C=O) groups is 1. The van der Waals surface area contributed by atoms with E-state index in [0.29, 0.717) is 24.7 Å². The van der Waals surface area contributed by atoms with Gasteiger partial charge in [-0.25, -0.2) is 0 Å². The molecule has 0 aliphatic heterocycles. The van der Waals surface area contributed by atoms with Crippen LogP contribution in [0.4, 0.5) is 0 Å². The molecular formula is C22H29NO4. The van der Waals surface area contributed by atoms with Crippen LogP contribution in [0, 0.1) is 0 Å². The summed E-state index contributed by atoms with van der Waals surface area (Å²) in [7, 11) is 1.61. The molecule has 2 aromatic carbocycles. The normalized spacial score (nSPS) is 10.3. The molecule has 0 saturated carbocycles. The van der Waals surface area contributed by atoms with Crippen molar-refractivity contribution in [3.63, 3.8) is 0 Å². The second-order valence-corrected chi connectivity index (χ2v) is 6.25. The summed E-state index contributed by atoms with van der Waals surface area (Å²) in [6.07, 6.45) is 3.06. The lowest BCUT2D eigenvalue weighted by Gasteiger charge is -2.12. The van der Waals surface area contributed by atoms with Crippen LogP contribution in [0.2, 0.25) is 0 Å². The van der Waals surface area contributed by atoms with Crippen LogP contribution in [-0.4, -0.2) is 26.2 Å². The first-order valence-electron chi connectivity index (χ1n) is 9.44. The molecule has 1 amide bonds. The highest BCUT2D eigenvalue weighted by Gasteiger charge is 2.08. The van der Waals surface area contributed by atoms with E-state index in [9.17, 15) is 4.79 Å². The smallest absolute Gasteiger partial charge is 0.258 e. The van der Waals surface area contributed by atoms with E-state index in [4.69, 9.17) is 14.2 Å². The lowest BCUT2D eigenvalue weighted by Crippen LogP contribution is -2.28. The summed E-state index contributed by atoms with van der Waals surface area (Å²) in [5.74, 6) is 1.92. The molecule has 2 aromatic rings. The third-order valence-corrected chi connectivity index (χ3v) is 4.17. The standard InChI is InChI=1S/C22H29NO4/c1-4-6-13-26-20-12-9-18(14-21(20)25-3)15-23-22(24)16-27-19-10-7-17(5-2)8-11-19/h7-12,14H,4-6,13,15-16H2,1-3H3,(H,23,24). The van der Waals surface area contributed by atoms with E-state index in [1.165, 1.54) is 5.56 Å². The molecule has 2 rings (SSSR count). The number of hydrogen-bond donors (Lipinski definition) is 1. The number of rotatable bonds is 11. The number of aryl methyl sites for hydroxylation is 1. The molecule has 146 valence electrons. The number of unbranched alkanes of at least 4 members (excludes halogenated alkanes) is 1. The number of methoxy groups -OCH3 is 1. The average Bonchev–Trinajstić information content (AvgIpc) is 2.71. The Morgan fingerprint density at radius 3 is 2.37 bits per heavy atom. The molecule has 0 aliphatic carbocycles. The van der Waals surface area contributed by atoms with Crippen LogP contribution in [0.5, 0.6) is 17.2 Å². The topological polar surface area (TPSA) is 56.8 Å². The van der Waals surface area contributed by atoms with Gasteiger partial charge in [0.25, 0.3) is 5.91 Å². The van der Waals surface area contributed by atoms with Crippen molar-refractivity contribution in [3.05, 3.63) is 53.6 Å². The van der Waals surface area contributed by atoms with E-state index in [-0.39, 0.29) is 12.5 Å². The van der Waals surface area contributed by atoms with E-state index < -0.39 is 0 Å². The molecule has 0 spiro atoms.